The fraction of sp³-hybridized carbons (Fsp3) is 0.857. The third kappa shape index (κ3) is 2.03. The van der Waals surface area contributed by atoms with Gasteiger partial charge in [0.25, 0.3) is 0 Å². The lowest BCUT2D eigenvalue weighted by Crippen LogP contribution is -1.96. The highest BCUT2D eigenvalue weighted by Gasteiger charge is 2.09. The molecule has 0 aromatic rings. The molecular formula is C7H11NO. The van der Waals surface area contributed by atoms with E-state index in [1.165, 1.54) is 0 Å². The molecule has 0 aromatic heterocycles. The molecular weight excluding hydrogens is 114 g/mol. The van der Waals surface area contributed by atoms with Gasteiger partial charge < -0.3 is 4.74 Å². The van der Waals surface area contributed by atoms with Crippen LogP contribution in [0.4, 0.5) is 0 Å². The third-order valence-corrected chi connectivity index (χ3v) is 1.63. The van der Waals surface area contributed by atoms with E-state index in [1.807, 2.05) is 0 Å². The first-order valence-corrected chi connectivity index (χ1v) is 3.41. The molecule has 1 heterocycles. The fourth-order valence-electron chi connectivity index (χ4n) is 1.03. The minimum Gasteiger partial charge on any atom is -0.381 e. The molecule has 50 valence electrons. The van der Waals surface area contributed by atoms with Crippen molar-refractivity contribution in [2.75, 3.05) is 13.2 Å². The lowest BCUT2D eigenvalue weighted by molar-refractivity contribution is 0.143. The van der Waals surface area contributed by atoms with E-state index in [9.17, 15) is 0 Å². The minimum atomic E-state index is 0.257. The maximum atomic E-state index is 8.51. The Bertz CT molecular complexity index is 109. The number of rotatable bonds is 0. The lowest BCUT2D eigenvalue weighted by Gasteiger charge is -1.98. The first-order chi connectivity index (χ1) is 4.43. The molecule has 2 nitrogen and oxygen atoms in total. The van der Waals surface area contributed by atoms with Crippen molar-refractivity contribution in [2.45, 2.75) is 19.3 Å². The molecule has 0 radical (unpaired) electrons. The highest BCUT2D eigenvalue weighted by Crippen LogP contribution is 2.13. The highest BCUT2D eigenvalue weighted by atomic mass is 16.5. The van der Waals surface area contributed by atoms with Crippen molar-refractivity contribution >= 4 is 0 Å². The first kappa shape index (κ1) is 6.57. The van der Waals surface area contributed by atoms with Crippen molar-refractivity contribution in [3.8, 4) is 6.07 Å². The summed E-state index contributed by atoms with van der Waals surface area (Å²) in [6, 6.07) is 2.26. The van der Waals surface area contributed by atoms with Crippen LogP contribution in [0.3, 0.4) is 0 Å². The summed E-state index contributed by atoms with van der Waals surface area (Å²) in [6.45, 7) is 1.62. The molecule has 1 atom stereocenters. The summed E-state index contributed by atoms with van der Waals surface area (Å²) in [4.78, 5) is 0. The molecule has 0 amide bonds. The lowest BCUT2D eigenvalue weighted by atomic mass is 10.0. The van der Waals surface area contributed by atoms with Crippen LogP contribution in [0.5, 0.6) is 0 Å². The summed E-state index contributed by atoms with van der Waals surface area (Å²) in [5.41, 5.74) is 0. The summed E-state index contributed by atoms with van der Waals surface area (Å²) < 4.78 is 5.18. The van der Waals surface area contributed by atoms with Crippen LogP contribution >= 0.6 is 0 Å². The topological polar surface area (TPSA) is 33.0 Å². The van der Waals surface area contributed by atoms with Gasteiger partial charge in [-0.05, 0) is 19.3 Å². The monoisotopic (exact) mass is 125 g/mol. The standard InChI is InChI=1S/C7H11NO/c8-6-7-2-1-4-9-5-3-7/h7H,1-5H2/t7-/m1/s1. The Morgan fingerprint density at radius 2 is 2.22 bits per heavy atom. The van der Waals surface area contributed by atoms with Gasteiger partial charge in [-0.2, -0.15) is 5.26 Å². The normalized spacial score (nSPS) is 28.6. The smallest absolute Gasteiger partial charge is 0.0656 e. The van der Waals surface area contributed by atoms with Gasteiger partial charge in [0, 0.05) is 19.1 Å². The summed E-state index contributed by atoms with van der Waals surface area (Å²) in [6.07, 6.45) is 3.01. The zero-order chi connectivity index (χ0) is 6.53. The van der Waals surface area contributed by atoms with Gasteiger partial charge in [-0.25, -0.2) is 0 Å². The second kappa shape index (κ2) is 3.47. The second-order valence-corrected chi connectivity index (χ2v) is 2.37. The van der Waals surface area contributed by atoms with E-state index in [4.69, 9.17) is 10.00 Å². The SMILES string of the molecule is N#C[C@@H]1CCCOCC1. The molecule has 1 rings (SSSR count). The van der Waals surface area contributed by atoms with Crippen molar-refractivity contribution in [3.05, 3.63) is 0 Å². The Balaban J connectivity index is 2.29. The van der Waals surface area contributed by atoms with E-state index in [2.05, 4.69) is 6.07 Å². The van der Waals surface area contributed by atoms with E-state index in [0.717, 1.165) is 32.5 Å². The first-order valence-electron chi connectivity index (χ1n) is 3.41. The Kier molecular flexibility index (Phi) is 2.53. The van der Waals surface area contributed by atoms with Gasteiger partial charge >= 0.3 is 0 Å². The molecule has 0 aliphatic carbocycles. The maximum Gasteiger partial charge on any atom is 0.0656 e. The molecule has 1 saturated heterocycles. The van der Waals surface area contributed by atoms with Gasteiger partial charge in [-0.3, -0.25) is 0 Å². The van der Waals surface area contributed by atoms with Gasteiger partial charge in [0.2, 0.25) is 0 Å². The van der Waals surface area contributed by atoms with E-state index in [-0.39, 0.29) is 5.92 Å². The number of hydrogen-bond donors (Lipinski definition) is 0. The predicted molar refractivity (Wildman–Crippen MR) is 33.8 cm³/mol. The Labute approximate surface area is 55.4 Å². The molecule has 0 N–H and O–H groups in total. The van der Waals surface area contributed by atoms with Crippen molar-refractivity contribution < 1.29 is 4.74 Å². The van der Waals surface area contributed by atoms with Gasteiger partial charge in [-0.1, -0.05) is 0 Å². The van der Waals surface area contributed by atoms with E-state index in [1.54, 1.807) is 0 Å². The molecule has 1 fully saturated rings. The third-order valence-electron chi connectivity index (χ3n) is 1.63. The van der Waals surface area contributed by atoms with Crippen LogP contribution in [0.15, 0.2) is 0 Å². The predicted octanol–water partition coefficient (Wildman–Crippen LogP) is 1.33. The highest BCUT2D eigenvalue weighted by molar-refractivity contribution is 4.82. The minimum absolute atomic E-state index is 0.257. The number of ether oxygens (including phenoxy) is 1. The van der Waals surface area contributed by atoms with Gasteiger partial charge in [0.15, 0.2) is 0 Å². The average Bonchev–Trinajstić information content (AvgIpc) is 2.13. The average molecular weight is 125 g/mol. The molecule has 2 heteroatoms. The number of nitrogens with zero attached hydrogens (tertiary/aromatic N) is 1. The van der Waals surface area contributed by atoms with Crippen molar-refractivity contribution in [1.82, 2.24) is 0 Å². The van der Waals surface area contributed by atoms with Crippen LogP contribution in [0, 0.1) is 17.2 Å². The van der Waals surface area contributed by atoms with Crippen molar-refractivity contribution in [2.24, 2.45) is 5.92 Å². The Morgan fingerprint density at radius 3 is 3.00 bits per heavy atom. The van der Waals surface area contributed by atoms with Crippen molar-refractivity contribution in [3.63, 3.8) is 0 Å². The van der Waals surface area contributed by atoms with Crippen molar-refractivity contribution in [1.29, 1.82) is 5.26 Å². The number of hydrogen-bond acceptors (Lipinski definition) is 2. The van der Waals surface area contributed by atoms with Crippen LogP contribution < -0.4 is 0 Å². The summed E-state index contributed by atoms with van der Waals surface area (Å²) >= 11 is 0. The zero-order valence-electron chi connectivity index (χ0n) is 5.47. The van der Waals surface area contributed by atoms with Crippen LogP contribution in [0.2, 0.25) is 0 Å². The fourth-order valence-corrected chi connectivity index (χ4v) is 1.03. The molecule has 0 aromatic carbocycles. The van der Waals surface area contributed by atoms with E-state index in [0.29, 0.717) is 0 Å². The van der Waals surface area contributed by atoms with E-state index < -0.39 is 0 Å². The van der Waals surface area contributed by atoms with Gasteiger partial charge in [0.1, 0.15) is 0 Å². The Morgan fingerprint density at radius 1 is 1.33 bits per heavy atom. The quantitative estimate of drug-likeness (QED) is 0.489. The summed E-state index contributed by atoms with van der Waals surface area (Å²) in [5, 5.41) is 8.51. The Hall–Kier alpha value is -0.550. The molecule has 1 aliphatic heterocycles. The van der Waals surface area contributed by atoms with Crippen LogP contribution in [0.1, 0.15) is 19.3 Å². The van der Waals surface area contributed by atoms with E-state index >= 15 is 0 Å². The molecule has 0 spiro atoms. The molecule has 0 unspecified atom stereocenters. The van der Waals surface area contributed by atoms with Gasteiger partial charge in [-0.15, -0.1) is 0 Å². The maximum absolute atomic E-state index is 8.51. The summed E-state index contributed by atoms with van der Waals surface area (Å²) in [5.74, 6) is 0.257. The second-order valence-electron chi connectivity index (χ2n) is 2.37. The largest absolute Gasteiger partial charge is 0.381 e. The van der Waals surface area contributed by atoms with Crippen LogP contribution in [-0.2, 0) is 4.74 Å². The van der Waals surface area contributed by atoms with Gasteiger partial charge in [0.05, 0.1) is 6.07 Å². The van der Waals surface area contributed by atoms with Crippen LogP contribution in [-0.4, -0.2) is 13.2 Å². The molecule has 0 bridgehead atoms. The molecule has 0 saturated carbocycles. The molecule has 1 aliphatic rings. The summed E-state index contributed by atoms with van der Waals surface area (Å²) in [7, 11) is 0. The zero-order valence-corrected chi connectivity index (χ0v) is 5.47. The molecule has 9 heavy (non-hydrogen) atoms. The van der Waals surface area contributed by atoms with Crippen LogP contribution in [0.25, 0.3) is 0 Å². The number of nitriles is 1.